The summed E-state index contributed by atoms with van der Waals surface area (Å²) in [5.41, 5.74) is 0.319. The summed E-state index contributed by atoms with van der Waals surface area (Å²) in [6.07, 6.45) is 2.81. The molecule has 6 nitrogen and oxygen atoms in total. The van der Waals surface area contributed by atoms with Gasteiger partial charge in [0, 0.05) is 0 Å². The fraction of sp³-hybridized carbons (Fsp3) is 0.125. The van der Waals surface area contributed by atoms with E-state index in [2.05, 4.69) is 10.1 Å². The third-order valence-electron chi connectivity index (χ3n) is 1.83. The van der Waals surface area contributed by atoms with Crippen LogP contribution in [0, 0.1) is 11.3 Å². The minimum absolute atomic E-state index is 0.157. The van der Waals surface area contributed by atoms with E-state index in [9.17, 15) is 4.79 Å². The number of rotatable bonds is 1. The van der Waals surface area contributed by atoms with Gasteiger partial charge in [-0.25, -0.2) is 4.52 Å². The van der Waals surface area contributed by atoms with Crippen molar-refractivity contribution < 1.29 is 4.74 Å². The molecule has 0 fully saturated rings. The van der Waals surface area contributed by atoms with Crippen molar-refractivity contribution in [3.63, 3.8) is 0 Å². The molecular formula is C8H6N4O2. The van der Waals surface area contributed by atoms with Crippen LogP contribution in [0.3, 0.4) is 0 Å². The van der Waals surface area contributed by atoms with Crippen LogP contribution in [0.25, 0.3) is 5.65 Å². The number of methoxy groups -OCH3 is 1. The summed E-state index contributed by atoms with van der Waals surface area (Å²) < 4.78 is 6.20. The van der Waals surface area contributed by atoms with E-state index in [1.807, 2.05) is 6.07 Å². The summed E-state index contributed by atoms with van der Waals surface area (Å²) in [6.45, 7) is 0. The van der Waals surface area contributed by atoms with Crippen molar-refractivity contribution in [2.24, 2.45) is 0 Å². The van der Waals surface area contributed by atoms with E-state index in [-0.39, 0.29) is 11.3 Å². The normalized spacial score (nSPS) is 10.0. The van der Waals surface area contributed by atoms with Crippen LogP contribution in [0.2, 0.25) is 0 Å². The summed E-state index contributed by atoms with van der Waals surface area (Å²) in [5, 5.41) is 12.6. The zero-order chi connectivity index (χ0) is 10.1. The van der Waals surface area contributed by atoms with E-state index < -0.39 is 0 Å². The molecule has 0 aliphatic heterocycles. The largest absolute Gasteiger partial charge is 0.490 e. The average Bonchev–Trinajstić information content (AvgIpc) is 2.58. The number of nitriles is 1. The minimum atomic E-state index is -0.378. The highest BCUT2D eigenvalue weighted by Crippen LogP contribution is 2.07. The number of fused-ring (bicyclic) bond motifs is 1. The molecule has 6 heteroatoms. The predicted molar refractivity (Wildman–Crippen MR) is 47.1 cm³/mol. The van der Waals surface area contributed by atoms with Crippen molar-refractivity contribution in [3.8, 4) is 11.8 Å². The van der Waals surface area contributed by atoms with Crippen molar-refractivity contribution in [1.82, 2.24) is 14.6 Å². The Morgan fingerprint density at radius 3 is 3.14 bits per heavy atom. The minimum Gasteiger partial charge on any atom is -0.490 e. The molecule has 0 radical (unpaired) electrons. The second kappa shape index (κ2) is 2.88. The Hall–Kier alpha value is -2.29. The van der Waals surface area contributed by atoms with E-state index in [1.54, 1.807) is 0 Å². The van der Waals surface area contributed by atoms with E-state index >= 15 is 0 Å². The van der Waals surface area contributed by atoms with Crippen molar-refractivity contribution in [2.45, 2.75) is 0 Å². The Kier molecular flexibility index (Phi) is 1.71. The first kappa shape index (κ1) is 8.31. The van der Waals surface area contributed by atoms with Gasteiger partial charge in [-0.2, -0.15) is 10.4 Å². The number of hydrogen-bond donors (Lipinski definition) is 1. The number of aromatic amines is 1. The molecule has 2 rings (SSSR count). The molecule has 70 valence electrons. The number of nitrogens with zero attached hydrogens (tertiary/aromatic N) is 3. The number of H-pyrrole nitrogens is 1. The third kappa shape index (κ3) is 1.03. The molecule has 0 spiro atoms. The van der Waals surface area contributed by atoms with Crippen LogP contribution >= 0.6 is 0 Å². The zero-order valence-electron chi connectivity index (χ0n) is 7.31. The third-order valence-corrected chi connectivity index (χ3v) is 1.83. The molecule has 2 aromatic heterocycles. The summed E-state index contributed by atoms with van der Waals surface area (Å²) in [6, 6.07) is 1.92. The van der Waals surface area contributed by atoms with Crippen molar-refractivity contribution in [1.29, 1.82) is 5.26 Å². The lowest BCUT2D eigenvalue weighted by Crippen LogP contribution is -2.11. The molecule has 0 atom stereocenters. The Morgan fingerprint density at radius 2 is 2.50 bits per heavy atom. The van der Waals surface area contributed by atoms with Gasteiger partial charge in [0.2, 0.25) is 5.75 Å². The van der Waals surface area contributed by atoms with Gasteiger partial charge in [0.15, 0.2) is 5.65 Å². The summed E-state index contributed by atoms with van der Waals surface area (Å²) in [7, 11) is 1.39. The predicted octanol–water partition coefficient (Wildman–Crippen LogP) is -0.0971. The van der Waals surface area contributed by atoms with Gasteiger partial charge in [0.1, 0.15) is 11.6 Å². The van der Waals surface area contributed by atoms with Crippen LogP contribution in [-0.4, -0.2) is 21.7 Å². The van der Waals surface area contributed by atoms with Crippen molar-refractivity contribution in [3.05, 3.63) is 28.3 Å². The SMILES string of the molecule is COc1cn2ncc(C#N)c2[nH]c1=O. The number of nitrogens with one attached hydrogen (secondary N) is 1. The Labute approximate surface area is 78.4 Å². The quantitative estimate of drug-likeness (QED) is 0.680. The monoisotopic (exact) mass is 190 g/mol. The molecule has 14 heavy (non-hydrogen) atoms. The standard InChI is InChI=1S/C8H6N4O2/c1-14-6-4-12-7(11-8(6)13)5(2-9)3-10-12/h3-4H,1H3,(H,11,13). The van der Waals surface area contributed by atoms with Crippen LogP contribution in [0.15, 0.2) is 17.2 Å². The van der Waals surface area contributed by atoms with Gasteiger partial charge >= 0.3 is 0 Å². The van der Waals surface area contributed by atoms with Gasteiger partial charge in [-0.05, 0) is 0 Å². The molecule has 0 aliphatic carbocycles. The molecule has 2 heterocycles. The Bertz CT molecular complexity index is 575. The van der Waals surface area contributed by atoms with Gasteiger partial charge in [-0.1, -0.05) is 0 Å². The van der Waals surface area contributed by atoms with E-state index in [0.717, 1.165) is 0 Å². The molecule has 0 bridgehead atoms. The lowest BCUT2D eigenvalue weighted by atomic mass is 10.4. The molecule has 1 N–H and O–H groups in total. The van der Waals surface area contributed by atoms with Crippen LogP contribution in [-0.2, 0) is 0 Å². The maximum atomic E-state index is 11.3. The molecular weight excluding hydrogens is 184 g/mol. The topological polar surface area (TPSA) is 83.2 Å². The van der Waals surface area contributed by atoms with Crippen molar-refractivity contribution >= 4 is 5.65 Å². The molecule has 0 amide bonds. The fourth-order valence-corrected chi connectivity index (χ4v) is 1.15. The van der Waals surface area contributed by atoms with Gasteiger partial charge in [-0.3, -0.25) is 4.79 Å². The number of hydrogen-bond acceptors (Lipinski definition) is 4. The summed E-state index contributed by atoms with van der Waals surface area (Å²) in [4.78, 5) is 13.8. The summed E-state index contributed by atoms with van der Waals surface area (Å²) in [5.74, 6) is 0.157. The van der Waals surface area contributed by atoms with E-state index in [1.165, 1.54) is 24.0 Å². The fourth-order valence-electron chi connectivity index (χ4n) is 1.15. The molecule has 0 aromatic carbocycles. The van der Waals surface area contributed by atoms with Gasteiger partial charge in [-0.15, -0.1) is 0 Å². The van der Waals surface area contributed by atoms with Crippen molar-refractivity contribution in [2.75, 3.05) is 7.11 Å². The van der Waals surface area contributed by atoms with Crippen LogP contribution < -0.4 is 10.3 Å². The average molecular weight is 190 g/mol. The highest BCUT2D eigenvalue weighted by atomic mass is 16.5. The first-order valence-corrected chi connectivity index (χ1v) is 3.81. The second-order valence-electron chi connectivity index (χ2n) is 2.61. The van der Waals surface area contributed by atoms with Gasteiger partial charge in [0.05, 0.1) is 19.5 Å². The number of ether oxygens (including phenoxy) is 1. The first-order chi connectivity index (χ1) is 6.76. The molecule has 0 aliphatic rings. The van der Waals surface area contributed by atoms with Crippen LogP contribution in [0.5, 0.6) is 5.75 Å². The lowest BCUT2D eigenvalue weighted by molar-refractivity contribution is 0.405. The smallest absolute Gasteiger partial charge is 0.293 e. The molecule has 0 saturated heterocycles. The first-order valence-electron chi connectivity index (χ1n) is 3.81. The Morgan fingerprint density at radius 1 is 1.71 bits per heavy atom. The lowest BCUT2D eigenvalue weighted by Gasteiger charge is -1.98. The second-order valence-corrected chi connectivity index (χ2v) is 2.61. The maximum absolute atomic E-state index is 11.3. The van der Waals surface area contributed by atoms with E-state index in [0.29, 0.717) is 11.2 Å². The van der Waals surface area contributed by atoms with E-state index in [4.69, 9.17) is 10.00 Å². The van der Waals surface area contributed by atoms with Crippen LogP contribution in [0.1, 0.15) is 5.56 Å². The highest BCUT2D eigenvalue weighted by molar-refractivity contribution is 5.53. The number of aromatic nitrogens is 3. The van der Waals surface area contributed by atoms with Gasteiger partial charge in [0.25, 0.3) is 5.56 Å². The zero-order valence-corrected chi connectivity index (χ0v) is 7.31. The molecule has 0 saturated carbocycles. The molecule has 2 aromatic rings. The highest BCUT2D eigenvalue weighted by Gasteiger charge is 2.07. The van der Waals surface area contributed by atoms with Gasteiger partial charge < -0.3 is 9.72 Å². The van der Waals surface area contributed by atoms with Crippen LogP contribution in [0.4, 0.5) is 0 Å². The Balaban J connectivity index is 2.84. The molecule has 0 unspecified atom stereocenters. The maximum Gasteiger partial charge on any atom is 0.293 e. The summed E-state index contributed by atoms with van der Waals surface area (Å²) >= 11 is 0.